The summed E-state index contributed by atoms with van der Waals surface area (Å²) < 4.78 is 10.6. The quantitative estimate of drug-likeness (QED) is 0.682. The molecule has 15 heavy (non-hydrogen) atoms. The highest BCUT2D eigenvalue weighted by atomic mass is 16.5. The molecule has 2 unspecified atom stereocenters. The lowest BCUT2D eigenvalue weighted by Gasteiger charge is -2.32. The maximum absolute atomic E-state index is 11.7. The molecule has 2 heterocycles. The van der Waals surface area contributed by atoms with E-state index >= 15 is 0 Å². The first-order valence-corrected chi connectivity index (χ1v) is 5.44. The second-order valence-electron chi connectivity index (χ2n) is 3.96. The number of morpholine rings is 1. The van der Waals surface area contributed by atoms with E-state index in [1.807, 2.05) is 0 Å². The van der Waals surface area contributed by atoms with Crippen molar-refractivity contribution >= 4 is 5.91 Å². The molecular formula is C10H17NO4. The van der Waals surface area contributed by atoms with Gasteiger partial charge in [-0.3, -0.25) is 4.79 Å². The molecule has 0 aliphatic carbocycles. The first-order chi connectivity index (χ1) is 7.31. The van der Waals surface area contributed by atoms with Crippen LogP contribution in [0, 0.1) is 0 Å². The van der Waals surface area contributed by atoms with Gasteiger partial charge in [-0.15, -0.1) is 0 Å². The largest absolute Gasteiger partial charge is 0.393 e. The molecule has 86 valence electrons. The SMILES string of the molecule is O=C1C(CO)OCCN1CC1CCCO1. The van der Waals surface area contributed by atoms with Gasteiger partial charge in [0.2, 0.25) is 0 Å². The van der Waals surface area contributed by atoms with Crippen molar-refractivity contribution in [3.63, 3.8) is 0 Å². The Morgan fingerprint density at radius 1 is 1.40 bits per heavy atom. The number of hydrogen-bond donors (Lipinski definition) is 1. The summed E-state index contributed by atoms with van der Waals surface area (Å²) in [5.74, 6) is -0.112. The van der Waals surface area contributed by atoms with Gasteiger partial charge < -0.3 is 19.5 Å². The van der Waals surface area contributed by atoms with Gasteiger partial charge in [0.25, 0.3) is 5.91 Å². The second kappa shape index (κ2) is 4.92. The lowest BCUT2D eigenvalue weighted by atomic mass is 10.2. The van der Waals surface area contributed by atoms with Crippen molar-refractivity contribution in [1.29, 1.82) is 0 Å². The fourth-order valence-electron chi connectivity index (χ4n) is 2.04. The second-order valence-corrected chi connectivity index (χ2v) is 3.96. The molecule has 1 N–H and O–H groups in total. The minimum absolute atomic E-state index is 0.112. The average Bonchev–Trinajstić information content (AvgIpc) is 2.74. The average molecular weight is 215 g/mol. The van der Waals surface area contributed by atoms with Gasteiger partial charge in [-0.2, -0.15) is 0 Å². The Labute approximate surface area is 89.0 Å². The van der Waals surface area contributed by atoms with Crippen LogP contribution in [-0.4, -0.2) is 61.0 Å². The molecule has 0 aromatic heterocycles. The molecule has 0 radical (unpaired) electrons. The van der Waals surface area contributed by atoms with Gasteiger partial charge in [-0.25, -0.2) is 0 Å². The third-order valence-corrected chi connectivity index (χ3v) is 2.88. The Balaban J connectivity index is 1.87. The zero-order valence-corrected chi connectivity index (χ0v) is 8.72. The zero-order chi connectivity index (χ0) is 10.7. The summed E-state index contributed by atoms with van der Waals surface area (Å²) in [6.45, 7) is 2.31. The molecule has 2 saturated heterocycles. The summed E-state index contributed by atoms with van der Waals surface area (Å²) >= 11 is 0. The van der Waals surface area contributed by atoms with Crippen LogP contribution >= 0.6 is 0 Å². The monoisotopic (exact) mass is 215 g/mol. The van der Waals surface area contributed by atoms with E-state index in [-0.39, 0.29) is 18.6 Å². The molecule has 5 nitrogen and oxygen atoms in total. The van der Waals surface area contributed by atoms with Gasteiger partial charge in [0.15, 0.2) is 6.10 Å². The van der Waals surface area contributed by atoms with Crippen molar-refractivity contribution in [3.8, 4) is 0 Å². The number of carbonyl (C=O) groups is 1. The first-order valence-electron chi connectivity index (χ1n) is 5.44. The Bertz CT molecular complexity index is 227. The van der Waals surface area contributed by atoms with Crippen LogP contribution in [0.1, 0.15) is 12.8 Å². The van der Waals surface area contributed by atoms with E-state index in [9.17, 15) is 4.79 Å². The number of carbonyl (C=O) groups excluding carboxylic acids is 1. The van der Waals surface area contributed by atoms with Crippen LogP contribution in [-0.2, 0) is 14.3 Å². The van der Waals surface area contributed by atoms with Crippen molar-refractivity contribution in [2.75, 3.05) is 32.9 Å². The molecule has 2 rings (SSSR count). The Kier molecular flexibility index (Phi) is 3.56. The Morgan fingerprint density at radius 2 is 2.27 bits per heavy atom. The van der Waals surface area contributed by atoms with Gasteiger partial charge in [-0.05, 0) is 12.8 Å². The molecule has 2 aliphatic rings. The number of hydrogen-bond acceptors (Lipinski definition) is 4. The maximum atomic E-state index is 11.7. The molecule has 5 heteroatoms. The van der Waals surface area contributed by atoms with Crippen LogP contribution in [0.4, 0.5) is 0 Å². The van der Waals surface area contributed by atoms with E-state index in [4.69, 9.17) is 14.6 Å². The standard InChI is InChI=1S/C10H17NO4/c12-7-9-10(13)11(3-5-15-9)6-8-2-1-4-14-8/h8-9,12H,1-7H2. The van der Waals surface area contributed by atoms with E-state index in [0.29, 0.717) is 19.7 Å². The van der Waals surface area contributed by atoms with Gasteiger partial charge in [-0.1, -0.05) is 0 Å². The third-order valence-electron chi connectivity index (χ3n) is 2.88. The van der Waals surface area contributed by atoms with Gasteiger partial charge in [0.05, 0.1) is 19.3 Å². The van der Waals surface area contributed by atoms with Crippen molar-refractivity contribution < 1.29 is 19.4 Å². The summed E-state index contributed by atoms with van der Waals surface area (Å²) in [6, 6.07) is 0. The van der Waals surface area contributed by atoms with Crippen LogP contribution in [0.2, 0.25) is 0 Å². The first kappa shape index (κ1) is 10.9. The highest BCUT2D eigenvalue weighted by Crippen LogP contribution is 2.15. The molecule has 2 aliphatic heterocycles. The maximum Gasteiger partial charge on any atom is 0.254 e. The van der Waals surface area contributed by atoms with Crippen LogP contribution < -0.4 is 0 Å². The molecule has 0 spiro atoms. The van der Waals surface area contributed by atoms with Crippen LogP contribution in [0.15, 0.2) is 0 Å². The minimum Gasteiger partial charge on any atom is -0.393 e. The summed E-state index contributed by atoms with van der Waals surface area (Å²) in [4.78, 5) is 13.5. The number of aliphatic hydroxyl groups is 1. The van der Waals surface area contributed by atoms with Crippen molar-refractivity contribution in [2.45, 2.75) is 25.0 Å². The molecule has 1 amide bonds. The molecular weight excluding hydrogens is 198 g/mol. The predicted molar refractivity (Wildman–Crippen MR) is 52.4 cm³/mol. The van der Waals surface area contributed by atoms with Gasteiger partial charge in [0.1, 0.15) is 0 Å². The lowest BCUT2D eigenvalue weighted by Crippen LogP contribution is -2.51. The van der Waals surface area contributed by atoms with Crippen LogP contribution in [0.25, 0.3) is 0 Å². The normalized spacial score (nSPS) is 32.3. The number of ether oxygens (including phenoxy) is 2. The summed E-state index contributed by atoms with van der Waals surface area (Å²) in [5.41, 5.74) is 0. The summed E-state index contributed by atoms with van der Waals surface area (Å²) in [6.07, 6.45) is 1.60. The number of nitrogens with zero attached hydrogens (tertiary/aromatic N) is 1. The molecule has 0 aromatic rings. The molecule has 0 saturated carbocycles. The molecule has 2 fully saturated rings. The minimum atomic E-state index is -0.667. The predicted octanol–water partition coefficient (Wildman–Crippen LogP) is -0.615. The Morgan fingerprint density at radius 3 is 2.93 bits per heavy atom. The van der Waals surface area contributed by atoms with E-state index in [1.54, 1.807) is 4.90 Å². The van der Waals surface area contributed by atoms with Crippen LogP contribution in [0.3, 0.4) is 0 Å². The fourth-order valence-corrected chi connectivity index (χ4v) is 2.04. The van der Waals surface area contributed by atoms with Gasteiger partial charge in [0, 0.05) is 19.7 Å². The van der Waals surface area contributed by atoms with E-state index in [0.717, 1.165) is 19.4 Å². The molecule has 0 aromatic carbocycles. The number of rotatable bonds is 3. The van der Waals surface area contributed by atoms with E-state index in [1.165, 1.54) is 0 Å². The topological polar surface area (TPSA) is 59.0 Å². The van der Waals surface area contributed by atoms with Gasteiger partial charge >= 0.3 is 0 Å². The molecule has 2 atom stereocenters. The lowest BCUT2D eigenvalue weighted by molar-refractivity contribution is -0.157. The highest BCUT2D eigenvalue weighted by molar-refractivity contribution is 5.81. The summed E-state index contributed by atoms with van der Waals surface area (Å²) in [5, 5.41) is 8.94. The van der Waals surface area contributed by atoms with Crippen LogP contribution in [0.5, 0.6) is 0 Å². The van der Waals surface area contributed by atoms with Crippen molar-refractivity contribution in [2.24, 2.45) is 0 Å². The zero-order valence-electron chi connectivity index (χ0n) is 8.72. The molecule has 0 bridgehead atoms. The highest BCUT2D eigenvalue weighted by Gasteiger charge is 2.31. The summed E-state index contributed by atoms with van der Waals surface area (Å²) in [7, 11) is 0. The smallest absolute Gasteiger partial charge is 0.254 e. The Hall–Kier alpha value is -0.650. The van der Waals surface area contributed by atoms with E-state index < -0.39 is 6.10 Å². The van der Waals surface area contributed by atoms with Crippen molar-refractivity contribution in [3.05, 3.63) is 0 Å². The van der Waals surface area contributed by atoms with Crippen molar-refractivity contribution in [1.82, 2.24) is 4.90 Å². The van der Waals surface area contributed by atoms with E-state index in [2.05, 4.69) is 0 Å². The third kappa shape index (κ3) is 2.48. The number of amides is 1. The number of aliphatic hydroxyl groups excluding tert-OH is 1. The fraction of sp³-hybridized carbons (Fsp3) is 0.900.